The van der Waals surface area contributed by atoms with Crippen molar-refractivity contribution in [2.24, 2.45) is 0 Å². The van der Waals surface area contributed by atoms with Crippen LogP contribution in [0, 0.1) is 6.92 Å². The molecule has 1 nitrogen and oxygen atoms in total. The highest BCUT2D eigenvalue weighted by Crippen LogP contribution is 2.36. The van der Waals surface area contributed by atoms with Gasteiger partial charge in [0, 0.05) is 4.88 Å². The van der Waals surface area contributed by atoms with E-state index in [1.165, 1.54) is 5.56 Å². The molecule has 0 aliphatic heterocycles. The zero-order valence-corrected chi connectivity index (χ0v) is 13.3. The van der Waals surface area contributed by atoms with Crippen LogP contribution in [0.2, 0.25) is 4.34 Å². The fraction of sp³-hybridized carbons (Fsp3) is 0.333. The summed E-state index contributed by atoms with van der Waals surface area (Å²) < 4.78 is 5.98. The van der Waals surface area contributed by atoms with Gasteiger partial charge in [-0.3, -0.25) is 0 Å². The molecule has 1 aromatic heterocycles. The second-order valence-corrected chi connectivity index (χ2v) is 6.67. The van der Waals surface area contributed by atoms with E-state index in [9.17, 15) is 0 Å². The molecular weight excluding hydrogens is 299 g/mol. The first kappa shape index (κ1) is 14.7. The van der Waals surface area contributed by atoms with E-state index in [0.29, 0.717) is 0 Å². The molecule has 0 radical (unpaired) electrons. The van der Waals surface area contributed by atoms with Crippen LogP contribution < -0.4 is 4.74 Å². The molecule has 0 spiro atoms. The van der Waals surface area contributed by atoms with Crippen LogP contribution >= 0.6 is 34.5 Å². The summed E-state index contributed by atoms with van der Waals surface area (Å²) in [6, 6.07) is 10.2. The number of benzene rings is 1. The molecule has 0 saturated carbocycles. The maximum Gasteiger partial charge on any atom is 0.118 e. The Balaban J connectivity index is 1.94. The molecule has 0 saturated heterocycles. The Morgan fingerprint density at radius 2 is 1.95 bits per heavy atom. The smallest absolute Gasteiger partial charge is 0.118 e. The Bertz CT molecular complexity index is 514. The predicted molar refractivity (Wildman–Crippen MR) is 84.0 cm³/mol. The number of halogens is 2. The van der Waals surface area contributed by atoms with Crippen molar-refractivity contribution in [3.05, 3.63) is 50.7 Å². The van der Waals surface area contributed by atoms with Crippen LogP contribution in [-0.2, 0) is 6.42 Å². The summed E-state index contributed by atoms with van der Waals surface area (Å²) in [5.74, 6) is 0.881. The van der Waals surface area contributed by atoms with Gasteiger partial charge in [-0.2, -0.15) is 0 Å². The van der Waals surface area contributed by atoms with E-state index in [1.54, 1.807) is 18.4 Å². The molecule has 1 unspecified atom stereocenters. The molecule has 2 aromatic rings. The fourth-order valence-electron chi connectivity index (χ4n) is 1.87. The van der Waals surface area contributed by atoms with Crippen molar-refractivity contribution in [1.29, 1.82) is 0 Å². The van der Waals surface area contributed by atoms with E-state index >= 15 is 0 Å². The maximum absolute atomic E-state index is 6.43. The van der Waals surface area contributed by atoms with Gasteiger partial charge in [0.25, 0.3) is 0 Å². The van der Waals surface area contributed by atoms with Gasteiger partial charge in [0.15, 0.2) is 0 Å². The molecule has 0 aliphatic rings. The first-order valence-electron chi connectivity index (χ1n) is 6.13. The summed E-state index contributed by atoms with van der Waals surface area (Å²) in [7, 11) is 1.67. The standard InChI is InChI=1S/C15H16Cl2OS/c1-10-9-14(19-15(10)17)13(16)8-5-11-3-6-12(18-2)7-4-11/h3-4,6-7,9,13H,5,8H2,1-2H3. The van der Waals surface area contributed by atoms with Crippen molar-refractivity contribution in [2.75, 3.05) is 7.11 Å². The zero-order valence-electron chi connectivity index (χ0n) is 11.0. The van der Waals surface area contributed by atoms with E-state index in [-0.39, 0.29) is 5.38 Å². The average Bonchev–Trinajstić information content (AvgIpc) is 2.77. The van der Waals surface area contributed by atoms with Gasteiger partial charge >= 0.3 is 0 Å². The Morgan fingerprint density at radius 1 is 1.26 bits per heavy atom. The minimum atomic E-state index is 0.0262. The Morgan fingerprint density at radius 3 is 2.47 bits per heavy atom. The summed E-state index contributed by atoms with van der Waals surface area (Å²) in [6.45, 7) is 2.01. The average molecular weight is 315 g/mol. The van der Waals surface area contributed by atoms with Crippen LogP contribution in [0.5, 0.6) is 5.75 Å². The van der Waals surface area contributed by atoms with Gasteiger partial charge in [0.1, 0.15) is 5.75 Å². The quantitative estimate of drug-likeness (QED) is 0.650. The molecule has 0 bridgehead atoms. The van der Waals surface area contributed by atoms with Crippen molar-refractivity contribution in [1.82, 2.24) is 0 Å². The first-order chi connectivity index (χ1) is 9.10. The molecule has 0 amide bonds. The summed E-state index contributed by atoms with van der Waals surface area (Å²) in [4.78, 5) is 1.15. The molecule has 19 heavy (non-hydrogen) atoms. The van der Waals surface area contributed by atoms with Crippen LogP contribution in [0.3, 0.4) is 0 Å². The number of hydrogen-bond acceptors (Lipinski definition) is 2. The molecule has 1 heterocycles. The lowest BCUT2D eigenvalue weighted by molar-refractivity contribution is 0.414. The number of methoxy groups -OCH3 is 1. The van der Waals surface area contributed by atoms with Crippen LogP contribution in [0.1, 0.15) is 27.8 Å². The number of thiophene rings is 1. The number of hydrogen-bond donors (Lipinski definition) is 0. The second-order valence-electron chi connectivity index (χ2n) is 4.46. The molecule has 2 rings (SSSR count). The van der Waals surface area contributed by atoms with Gasteiger partial charge in [-0.1, -0.05) is 23.7 Å². The number of aryl methyl sites for hydroxylation is 2. The highest BCUT2D eigenvalue weighted by Gasteiger charge is 2.12. The lowest BCUT2D eigenvalue weighted by Crippen LogP contribution is -1.92. The van der Waals surface area contributed by atoms with Crippen LogP contribution in [-0.4, -0.2) is 7.11 Å². The first-order valence-corrected chi connectivity index (χ1v) is 7.76. The minimum absolute atomic E-state index is 0.0262. The Labute approximate surface area is 128 Å². The molecule has 1 aromatic carbocycles. The van der Waals surface area contributed by atoms with Gasteiger partial charge in [0.2, 0.25) is 0 Å². The van der Waals surface area contributed by atoms with Gasteiger partial charge in [-0.15, -0.1) is 22.9 Å². The Kier molecular flexibility index (Phi) is 5.14. The summed E-state index contributed by atoms with van der Waals surface area (Å²) in [6.07, 6.45) is 1.86. The topological polar surface area (TPSA) is 9.23 Å². The van der Waals surface area contributed by atoms with E-state index in [2.05, 4.69) is 18.2 Å². The zero-order chi connectivity index (χ0) is 13.8. The maximum atomic E-state index is 6.43. The highest BCUT2D eigenvalue weighted by atomic mass is 35.5. The molecule has 4 heteroatoms. The van der Waals surface area contributed by atoms with Crippen molar-refractivity contribution >= 4 is 34.5 Å². The van der Waals surface area contributed by atoms with E-state index < -0.39 is 0 Å². The lowest BCUT2D eigenvalue weighted by Gasteiger charge is -2.07. The number of ether oxygens (including phenoxy) is 1. The SMILES string of the molecule is COc1ccc(CCC(Cl)c2cc(C)c(Cl)s2)cc1. The third kappa shape index (κ3) is 3.88. The fourth-order valence-corrected chi connectivity index (χ4v) is 3.40. The summed E-state index contributed by atoms with van der Waals surface area (Å²) >= 11 is 14.1. The predicted octanol–water partition coefficient (Wildman–Crippen LogP) is 5.63. The third-order valence-corrected chi connectivity index (χ3v) is 5.28. The second kappa shape index (κ2) is 6.65. The summed E-state index contributed by atoms with van der Waals surface area (Å²) in [5.41, 5.74) is 2.38. The van der Waals surface area contributed by atoms with Gasteiger partial charge in [-0.25, -0.2) is 0 Å². The van der Waals surface area contributed by atoms with Crippen molar-refractivity contribution in [3.8, 4) is 5.75 Å². The minimum Gasteiger partial charge on any atom is -0.497 e. The van der Waals surface area contributed by atoms with Crippen molar-refractivity contribution in [3.63, 3.8) is 0 Å². The van der Waals surface area contributed by atoms with Gasteiger partial charge < -0.3 is 4.74 Å². The Hall–Kier alpha value is -0.700. The van der Waals surface area contributed by atoms with Crippen molar-refractivity contribution in [2.45, 2.75) is 25.1 Å². The highest BCUT2D eigenvalue weighted by molar-refractivity contribution is 7.16. The summed E-state index contributed by atoms with van der Waals surface area (Å²) in [5, 5.41) is 0.0262. The number of rotatable bonds is 5. The normalized spacial score (nSPS) is 12.4. The van der Waals surface area contributed by atoms with E-state index in [4.69, 9.17) is 27.9 Å². The molecule has 0 aliphatic carbocycles. The van der Waals surface area contributed by atoms with Gasteiger partial charge in [0.05, 0.1) is 16.8 Å². The monoisotopic (exact) mass is 314 g/mol. The van der Waals surface area contributed by atoms with Crippen LogP contribution in [0.25, 0.3) is 0 Å². The van der Waals surface area contributed by atoms with E-state index in [0.717, 1.165) is 33.4 Å². The molecular formula is C15H16Cl2OS. The van der Waals surface area contributed by atoms with E-state index in [1.807, 2.05) is 19.1 Å². The van der Waals surface area contributed by atoms with Crippen molar-refractivity contribution < 1.29 is 4.74 Å². The molecule has 102 valence electrons. The molecule has 1 atom stereocenters. The van der Waals surface area contributed by atoms with Crippen LogP contribution in [0.15, 0.2) is 30.3 Å². The lowest BCUT2D eigenvalue weighted by atomic mass is 10.1. The van der Waals surface area contributed by atoms with Crippen LogP contribution in [0.4, 0.5) is 0 Å². The van der Waals surface area contributed by atoms with Gasteiger partial charge in [-0.05, 0) is 49.1 Å². The molecule has 0 fully saturated rings. The molecule has 0 N–H and O–H groups in total. The largest absolute Gasteiger partial charge is 0.497 e. The third-order valence-electron chi connectivity index (χ3n) is 3.03. The number of alkyl halides is 1.